The minimum Gasteiger partial charge on any atom is -0.657 e. The SMILES string of the molecule is CC(C)(c1cccc(-c2[c-]c(-c3[c-]cccc3)cc(-c3ccccc3)c2)n1)c1cccc2c1[n-]c1ccccc12.[Au+3]. The molecule has 0 N–H and O–H groups in total. The molecule has 0 saturated heterocycles. The van der Waals surface area contributed by atoms with Gasteiger partial charge in [-0.2, -0.15) is 42.0 Å². The minimum atomic E-state index is -0.361. The number of fused-ring (bicyclic) bond motifs is 3. The van der Waals surface area contributed by atoms with Crippen molar-refractivity contribution in [1.29, 1.82) is 0 Å². The van der Waals surface area contributed by atoms with E-state index in [9.17, 15) is 0 Å². The Morgan fingerprint density at radius 2 is 1.37 bits per heavy atom. The van der Waals surface area contributed by atoms with E-state index in [2.05, 4.69) is 123 Å². The molecule has 5 aromatic carbocycles. The summed E-state index contributed by atoms with van der Waals surface area (Å²) in [6.07, 6.45) is 0. The molecule has 0 bridgehead atoms. The van der Waals surface area contributed by atoms with Crippen molar-refractivity contribution in [2.45, 2.75) is 19.3 Å². The van der Waals surface area contributed by atoms with E-state index in [1.807, 2.05) is 30.3 Å². The van der Waals surface area contributed by atoms with E-state index in [-0.39, 0.29) is 27.8 Å². The smallest absolute Gasteiger partial charge is 0.657 e. The molecule has 3 heteroatoms. The van der Waals surface area contributed by atoms with Crippen LogP contribution in [0.15, 0.2) is 127 Å². The summed E-state index contributed by atoms with van der Waals surface area (Å²) in [6, 6.07) is 51.1. The van der Waals surface area contributed by atoms with Gasteiger partial charge in [0.05, 0.1) is 0 Å². The average molecular weight is 709 g/mol. The summed E-state index contributed by atoms with van der Waals surface area (Å²) in [4.78, 5) is 10.3. The second-order valence-corrected chi connectivity index (χ2v) is 10.7. The van der Waals surface area contributed by atoms with E-state index in [4.69, 9.17) is 9.97 Å². The van der Waals surface area contributed by atoms with E-state index in [0.717, 1.165) is 50.2 Å². The molecule has 0 aliphatic heterocycles. The monoisotopic (exact) mass is 708 g/mol. The number of pyridine rings is 1. The Hall–Kier alpha value is -4.21. The second kappa shape index (κ2) is 11.0. The van der Waals surface area contributed by atoms with E-state index >= 15 is 0 Å². The number of hydrogen-bond donors (Lipinski definition) is 0. The van der Waals surface area contributed by atoms with Gasteiger partial charge < -0.3 is 4.98 Å². The van der Waals surface area contributed by atoms with Crippen molar-refractivity contribution < 1.29 is 22.4 Å². The van der Waals surface area contributed by atoms with Gasteiger partial charge in [0.25, 0.3) is 0 Å². The van der Waals surface area contributed by atoms with Gasteiger partial charge in [-0.15, -0.1) is 28.7 Å². The molecular formula is C38H27AuN2. The quantitative estimate of drug-likeness (QED) is 0.132. The van der Waals surface area contributed by atoms with Crippen LogP contribution in [0.3, 0.4) is 0 Å². The molecular weight excluding hydrogens is 681 g/mol. The molecule has 0 amide bonds. The predicted octanol–water partition coefficient (Wildman–Crippen LogP) is 9.27. The molecule has 0 saturated carbocycles. The zero-order valence-electron chi connectivity index (χ0n) is 22.8. The Kier molecular flexibility index (Phi) is 7.23. The molecule has 0 atom stereocenters. The fourth-order valence-corrected chi connectivity index (χ4v) is 5.59. The summed E-state index contributed by atoms with van der Waals surface area (Å²) in [5.41, 5.74) is 10.0. The zero-order valence-corrected chi connectivity index (χ0v) is 25.0. The summed E-state index contributed by atoms with van der Waals surface area (Å²) in [5, 5.41) is 2.37. The first-order valence-corrected chi connectivity index (χ1v) is 13.6. The Balaban J connectivity index is 0.00000302. The summed E-state index contributed by atoms with van der Waals surface area (Å²) in [6.45, 7) is 4.48. The molecule has 2 nitrogen and oxygen atoms in total. The van der Waals surface area contributed by atoms with Gasteiger partial charge in [-0.25, -0.2) is 5.56 Å². The zero-order chi connectivity index (χ0) is 27.1. The number of benzene rings is 5. The van der Waals surface area contributed by atoms with Gasteiger partial charge in [0, 0.05) is 16.8 Å². The van der Waals surface area contributed by atoms with Gasteiger partial charge in [0.2, 0.25) is 0 Å². The largest absolute Gasteiger partial charge is 3.00 e. The molecule has 0 aliphatic rings. The number of para-hydroxylation sites is 2. The van der Waals surface area contributed by atoms with Crippen LogP contribution in [-0.4, -0.2) is 4.98 Å². The number of hydrogen-bond acceptors (Lipinski definition) is 1. The normalized spacial score (nSPS) is 11.5. The van der Waals surface area contributed by atoms with Crippen molar-refractivity contribution in [3.63, 3.8) is 0 Å². The Bertz CT molecular complexity index is 1910. The van der Waals surface area contributed by atoms with Crippen LogP contribution in [0.2, 0.25) is 0 Å². The summed E-state index contributed by atoms with van der Waals surface area (Å²) in [7, 11) is 0. The molecule has 41 heavy (non-hydrogen) atoms. The first kappa shape index (κ1) is 27.0. The Labute approximate surface area is 256 Å². The number of nitrogens with zero attached hydrogens (tertiary/aromatic N) is 2. The van der Waals surface area contributed by atoms with Crippen LogP contribution in [0.5, 0.6) is 0 Å². The van der Waals surface area contributed by atoms with Gasteiger partial charge in [-0.1, -0.05) is 110 Å². The Morgan fingerprint density at radius 3 is 2.20 bits per heavy atom. The molecule has 0 unspecified atom stereocenters. The molecule has 0 radical (unpaired) electrons. The van der Waals surface area contributed by atoms with Gasteiger partial charge in [0.1, 0.15) is 0 Å². The topological polar surface area (TPSA) is 27.0 Å². The second-order valence-electron chi connectivity index (χ2n) is 10.7. The fraction of sp³-hybridized carbons (Fsp3) is 0.0789. The first-order valence-electron chi connectivity index (χ1n) is 13.6. The van der Waals surface area contributed by atoms with Crippen molar-refractivity contribution in [3.8, 4) is 33.5 Å². The van der Waals surface area contributed by atoms with Crippen molar-refractivity contribution in [1.82, 2.24) is 9.97 Å². The van der Waals surface area contributed by atoms with Gasteiger partial charge in [-0.05, 0) is 22.4 Å². The van der Waals surface area contributed by atoms with Gasteiger partial charge >= 0.3 is 22.4 Å². The van der Waals surface area contributed by atoms with Crippen molar-refractivity contribution >= 4 is 21.8 Å². The summed E-state index contributed by atoms with van der Waals surface area (Å²) < 4.78 is 0. The van der Waals surface area contributed by atoms with E-state index in [1.165, 1.54) is 16.3 Å². The standard InChI is InChI=1S/C38H27N2.Au/c1-38(2,33-19-11-18-32-31-17-9-10-20-35(31)40-37(32)33)36-22-12-21-34(39-36)30-24-28(26-13-5-3-6-14-26)23-29(25-30)27-15-7-4-8-16-27;/h3-15,17-24H,1-2H3;/q-3;+3. The minimum absolute atomic E-state index is 0. The van der Waals surface area contributed by atoms with Crippen molar-refractivity contribution in [3.05, 3.63) is 151 Å². The van der Waals surface area contributed by atoms with Crippen LogP contribution >= 0.6 is 0 Å². The Morgan fingerprint density at radius 1 is 0.634 bits per heavy atom. The van der Waals surface area contributed by atoms with Crippen LogP contribution in [0.1, 0.15) is 25.1 Å². The first-order chi connectivity index (χ1) is 19.6. The molecule has 200 valence electrons. The molecule has 7 aromatic rings. The van der Waals surface area contributed by atoms with Crippen molar-refractivity contribution in [2.24, 2.45) is 0 Å². The van der Waals surface area contributed by atoms with Crippen LogP contribution in [-0.2, 0) is 27.8 Å². The third-order valence-corrected chi connectivity index (χ3v) is 7.78. The van der Waals surface area contributed by atoms with Crippen molar-refractivity contribution in [2.75, 3.05) is 0 Å². The molecule has 2 aromatic heterocycles. The summed E-state index contributed by atoms with van der Waals surface area (Å²) in [5.74, 6) is 0. The van der Waals surface area contributed by atoms with E-state index in [1.54, 1.807) is 0 Å². The maximum atomic E-state index is 5.25. The average Bonchev–Trinajstić information content (AvgIpc) is 3.41. The third kappa shape index (κ3) is 4.96. The van der Waals surface area contributed by atoms with Crippen LogP contribution in [0.25, 0.3) is 55.3 Å². The van der Waals surface area contributed by atoms with Crippen LogP contribution in [0, 0.1) is 12.1 Å². The molecule has 0 spiro atoms. The van der Waals surface area contributed by atoms with Crippen LogP contribution < -0.4 is 4.98 Å². The maximum absolute atomic E-state index is 5.25. The van der Waals surface area contributed by atoms with Gasteiger partial charge in [0.15, 0.2) is 0 Å². The van der Waals surface area contributed by atoms with E-state index in [0.29, 0.717) is 0 Å². The molecule has 7 rings (SSSR count). The predicted molar refractivity (Wildman–Crippen MR) is 165 cm³/mol. The summed E-state index contributed by atoms with van der Waals surface area (Å²) >= 11 is 0. The third-order valence-electron chi connectivity index (χ3n) is 7.78. The molecule has 0 fully saturated rings. The van der Waals surface area contributed by atoms with Gasteiger partial charge in [-0.3, -0.25) is 4.98 Å². The fourth-order valence-electron chi connectivity index (χ4n) is 5.59. The maximum Gasteiger partial charge on any atom is 3.00 e. The van der Waals surface area contributed by atoms with E-state index < -0.39 is 0 Å². The molecule has 0 aliphatic carbocycles. The molecule has 2 heterocycles. The number of rotatable bonds is 5. The number of aromatic nitrogens is 2. The van der Waals surface area contributed by atoms with Crippen LogP contribution in [0.4, 0.5) is 0 Å².